The summed E-state index contributed by atoms with van der Waals surface area (Å²) in [6, 6.07) is 4.76. The minimum absolute atomic E-state index is 0.307. The SMILES string of the molecule is [B]C([B])(C)NC([B])(C)C([B])([B])c1ccc2c(c1)OC([B])([B])O2. The average molecular weight is 276 g/mol. The van der Waals surface area contributed by atoms with Gasteiger partial charge in [-0.15, -0.1) is 0 Å². The summed E-state index contributed by atoms with van der Waals surface area (Å²) in [4.78, 5) is 0. The lowest BCUT2D eigenvalue weighted by Gasteiger charge is -2.49. The van der Waals surface area contributed by atoms with Crippen LogP contribution in [0, 0.1) is 0 Å². The third-order valence-electron chi connectivity index (χ3n) is 3.35. The minimum atomic E-state index is -1.73. The standard InChI is InChI=1S/C12H10B7NO2/c1-9(13,20-10(2,14)15)11(16,17)6-3-4-7-8(5-6)22-12(18,19)21-7/h3-5,20H,1-2H3. The van der Waals surface area contributed by atoms with Gasteiger partial charge in [0.25, 0.3) is 0 Å². The van der Waals surface area contributed by atoms with E-state index >= 15 is 0 Å². The van der Waals surface area contributed by atoms with E-state index in [9.17, 15) is 0 Å². The van der Waals surface area contributed by atoms with Gasteiger partial charge in [0, 0.05) is 0 Å². The summed E-state index contributed by atoms with van der Waals surface area (Å²) in [5, 5.41) is -0.0182. The van der Waals surface area contributed by atoms with Crippen molar-refractivity contribution in [2.45, 2.75) is 35.4 Å². The highest BCUT2D eigenvalue weighted by Crippen LogP contribution is 2.40. The molecule has 3 nitrogen and oxygen atoms in total. The van der Waals surface area contributed by atoms with Gasteiger partial charge >= 0.3 is 0 Å². The highest BCUT2D eigenvalue weighted by Gasteiger charge is 2.40. The maximum absolute atomic E-state index is 6.20. The quantitative estimate of drug-likeness (QED) is 0.671. The summed E-state index contributed by atoms with van der Waals surface area (Å²) in [6.07, 6.45) is 0. The normalized spacial score (nSPS) is 19.5. The Morgan fingerprint density at radius 1 is 0.955 bits per heavy atom. The second-order valence-electron chi connectivity index (χ2n) is 6.07. The molecule has 1 unspecified atom stereocenters. The maximum Gasteiger partial charge on any atom is 0.175 e. The third-order valence-corrected chi connectivity index (χ3v) is 3.35. The molecule has 0 saturated carbocycles. The molecule has 10 heteroatoms. The predicted molar refractivity (Wildman–Crippen MR) is 92.3 cm³/mol. The molecule has 0 fully saturated rings. The molecule has 1 atom stereocenters. The molecule has 1 aliphatic heterocycles. The highest BCUT2D eigenvalue weighted by atomic mass is 16.7. The summed E-state index contributed by atoms with van der Waals surface area (Å²) in [6.45, 7) is 3.11. The van der Waals surface area contributed by atoms with Crippen LogP contribution in [0.25, 0.3) is 0 Å². The first kappa shape index (κ1) is 17.6. The van der Waals surface area contributed by atoms with Gasteiger partial charge < -0.3 is 14.8 Å². The molecule has 0 saturated heterocycles. The van der Waals surface area contributed by atoms with Crippen molar-refractivity contribution in [2.75, 3.05) is 0 Å². The zero-order valence-electron chi connectivity index (χ0n) is 12.6. The van der Waals surface area contributed by atoms with Gasteiger partial charge in [0.15, 0.2) is 32.8 Å². The first-order valence-electron chi connectivity index (χ1n) is 6.58. The average Bonchev–Trinajstić information content (AvgIpc) is 2.57. The monoisotopic (exact) mass is 277 g/mol. The number of ether oxygens (including phenoxy) is 2. The second-order valence-corrected chi connectivity index (χ2v) is 6.07. The summed E-state index contributed by atoms with van der Waals surface area (Å²) < 4.78 is 10.4. The number of nitrogens with one attached hydrogen (secondary N) is 1. The van der Waals surface area contributed by atoms with Crippen LogP contribution in [0.5, 0.6) is 11.5 Å². The number of fused-ring (bicyclic) bond motifs is 1. The Morgan fingerprint density at radius 2 is 1.50 bits per heavy atom. The van der Waals surface area contributed by atoms with E-state index in [1.54, 1.807) is 25.1 Å². The van der Waals surface area contributed by atoms with E-state index in [4.69, 9.17) is 64.4 Å². The van der Waals surface area contributed by atoms with Gasteiger partial charge in [-0.2, -0.15) is 0 Å². The van der Waals surface area contributed by atoms with Crippen LogP contribution >= 0.6 is 0 Å². The zero-order chi connectivity index (χ0) is 17.0. The Kier molecular flexibility index (Phi) is 4.09. The number of rotatable bonds is 4. The Morgan fingerprint density at radius 3 is 2.05 bits per heavy atom. The van der Waals surface area contributed by atoms with Gasteiger partial charge in [0.1, 0.15) is 0 Å². The van der Waals surface area contributed by atoms with Crippen LogP contribution in [0.3, 0.4) is 0 Å². The lowest BCUT2D eigenvalue weighted by atomic mass is 9.37. The molecule has 0 aromatic heterocycles. The molecule has 1 aromatic rings. The van der Waals surface area contributed by atoms with Gasteiger partial charge in [0.2, 0.25) is 0 Å². The fraction of sp³-hybridized carbons (Fsp3) is 0.500. The molecule has 0 amide bonds. The van der Waals surface area contributed by atoms with E-state index in [0.29, 0.717) is 17.1 Å². The van der Waals surface area contributed by atoms with E-state index in [2.05, 4.69) is 5.32 Å². The lowest BCUT2D eigenvalue weighted by Crippen LogP contribution is -2.67. The summed E-state index contributed by atoms with van der Waals surface area (Å²) >= 11 is 0. The molecular weight excluding hydrogens is 266 g/mol. The molecule has 14 radical (unpaired) electrons. The molecular formula is C12H10B7NO2. The molecule has 1 N–H and O–H groups in total. The number of benzene rings is 1. The molecule has 22 heavy (non-hydrogen) atoms. The van der Waals surface area contributed by atoms with Crippen molar-refractivity contribution in [1.82, 2.24) is 5.32 Å². The largest absolute Gasteiger partial charge is 0.468 e. The number of hydrogen-bond donors (Lipinski definition) is 1. The van der Waals surface area contributed by atoms with Crippen LogP contribution in [0.4, 0.5) is 0 Å². The third kappa shape index (κ3) is 3.42. The van der Waals surface area contributed by atoms with Crippen LogP contribution in [-0.2, 0) is 5.21 Å². The number of hydrogen-bond acceptors (Lipinski definition) is 3. The van der Waals surface area contributed by atoms with Gasteiger partial charge in [-0.1, -0.05) is 36.0 Å². The van der Waals surface area contributed by atoms with E-state index < -0.39 is 21.6 Å². The molecule has 1 aliphatic rings. The zero-order valence-corrected chi connectivity index (χ0v) is 12.6. The smallest absolute Gasteiger partial charge is 0.175 e. The molecule has 96 valence electrons. The first-order valence-corrected chi connectivity index (χ1v) is 6.58. The van der Waals surface area contributed by atoms with Crippen LogP contribution in [0.15, 0.2) is 18.2 Å². The topological polar surface area (TPSA) is 30.5 Å². The summed E-state index contributed by atoms with van der Waals surface area (Å²) in [7, 11) is 41.1. The first-order chi connectivity index (χ1) is 9.74. The van der Waals surface area contributed by atoms with E-state index in [0.717, 1.165) is 0 Å². The van der Waals surface area contributed by atoms with E-state index in [-0.39, 0.29) is 0 Å². The van der Waals surface area contributed by atoms with Crippen molar-refractivity contribution < 1.29 is 9.47 Å². The fourth-order valence-corrected chi connectivity index (χ4v) is 2.26. The highest BCUT2D eigenvalue weighted by molar-refractivity contribution is 6.46. The van der Waals surface area contributed by atoms with Crippen LogP contribution < -0.4 is 14.8 Å². The molecule has 0 bridgehead atoms. The Hall–Kier alpha value is -0.765. The van der Waals surface area contributed by atoms with Crippen molar-refractivity contribution in [1.29, 1.82) is 0 Å². The van der Waals surface area contributed by atoms with Crippen molar-refractivity contribution in [3.8, 4) is 11.5 Å². The van der Waals surface area contributed by atoms with Crippen molar-refractivity contribution in [3.63, 3.8) is 0 Å². The van der Waals surface area contributed by atoms with Gasteiger partial charge in [-0.3, -0.25) is 0 Å². The summed E-state index contributed by atoms with van der Waals surface area (Å²) in [5.41, 5.74) is -2.61. The Bertz CT molecular complexity index is 583. The predicted octanol–water partition coefficient (Wildman–Crippen LogP) is -1.62. The Labute approximate surface area is 140 Å². The minimum Gasteiger partial charge on any atom is -0.468 e. The van der Waals surface area contributed by atoms with Crippen LogP contribution in [0.2, 0.25) is 0 Å². The second kappa shape index (κ2) is 5.12. The molecule has 0 aliphatic carbocycles. The lowest BCUT2D eigenvalue weighted by molar-refractivity contribution is 0.0833. The molecule has 2 rings (SSSR count). The van der Waals surface area contributed by atoms with Crippen molar-refractivity contribution in [3.05, 3.63) is 23.8 Å². The Balaban J connectivity index is 2.35. The maximum atomic E-state index is 6.20. The van der Waals surface area contributed by atoms with E-state index in [1.807, 2.05) is 0 Å². The van der Waals surface area contributed by atoms with Crippen LogP contribution in [0.1, 0.15) is 19.4 Å². The van der Waals surface area contributed by atoms with E-state index in [1.165, 1.54) is 6.92 Å². The van der Waals surface area contributed by atoms with Gasteiger partial charge in [-0.25, -0.2) is 0 Å². The molecule has 0 spiro atoms. The van der Waals surface area contributed by atoms with Gasteiger partial charge in [0.05, 0.1) is 39.2 Å². The van der Waals surface area contributed by atoms with Crippen molar-refractivity contribution in [2.24, 2.45) is 0 Å². The summed E-state index contributed by atoms with van der Waals surface area (Å²) in [5.74, 6) is 0.681. The molecule has 1 heterocycles. The molecule has 1 aromatic carbocycles. The fourth-order valence-electron chi connectivity index (χ4n) is 2.26. The van der Waals surface area contributed by atoms with Crippen LogP contribution in [-0.4, -0.2) is 71.3 Å². The van der Waals surface area contributed by atoms with Gasteiger partial charge in [-0.05, 0) is 17.6 Å². The van der Waals surface area contributed by atoms with Crippen molar-refractivity contribution >= 4 is 54.9 Å².